The maximum atomic E-state index is 10.4. The van der Waals surface area contributed by atoms with Crippen molar-refractivity contribution in [3.63, 3.8) is 0 Å². The Hall–Kier alpha value is -1.72. The number of nitrogens with zero attached hydrogens (tertiary/aromatic N) is 1. The first-order chi connectivity index (χ1) is 8.88. The highest BCUT2D eigenvalue weighted by atomic mass is 16.6. The first-order valence-electron chi connectivity index (χ1n) is 5.27. The number of carbonyl (C=O) groups is 1. The number of primary amides is 1. The van der Waals surface area contributed by atoms with Gasteiger partial charge in [-0.3, -0.25) is 4.79 Å². The molecule has 0 unspecified atom stereocenters. The number of rotatable bonds is 2. The molecule has 1 fully saturated rings. The lowest BCUT2D eigenvalue weighted by atomic mass is 10.1. The van der Waals surface area contributed by atoms with Crippen molar-refractivity contribution in [1.82, 2.24) is 9.97 Å². The molecule has 10 nitrogen and oxygen atoms in total. The molecule has 108 valence electrons. The van der Waals surface area contributed by atoms with E-state index in [1.54, 1.807) is 0 Å². The first-order valence-corrected chi connectivity index (χ1v) is 5.27. The highest BCUT2D eigenvalue weighted by Gasteiger charge is 2.41. The third-order valence-electron chi connectivity index (χ3n) is 2.43. The predicted molar refractivity (Wildman–Crippen MR) is 61.5 cm³/mol. The number of nitrogens with one attached hydrogen (secondary N) is 1. The summed E-state index contributed by atoms with van der Waals surface area (Å²) in [5, 5.41) is 35.0. The summed E-state index contributed by atoms with van der Waals surface area (Å²) in [5.74, 6) is -0.451. The molecule has 4 atom stereocenters. The van der Waals surface area contributed by atoms with Crippen molar-refractivity contribution < 1.29 is 30.0 Å². The van der Waals surface area contributed by atoms with Crippen LogP contribution in [0.3, 0.4) is 0 Å². The van der Waals surface area contributed by atoms with Crippen LogP contribution in [-0.2, 0) is 4.74 Å². The van der Waals surface area contributed by atoms with Gasteiger partial charge >= 0.3 is 0 Å². The largest absolute Gasteiger partial charge is 0.394 e. The van der Waals surface area contributed by atoms with Crippen LogP contribution >= 0.6 is 0 Å². The topological polar surface area (TPSA) is 188 Å². The fourth-order valence-corrected chi connectivity index (χ4v) is 1.38. The van der Waals surface area contributed by atoms with Crippen LogP contribution in [0.4, 0.5) is 5.82 Å². The van der Waals surface area contributed by atoms with Crippen molar-refractivity contribution in [3.8, 4) is 0 Å². The van der Waals surface area contributed by atoms with Gasteiger partial charge in [0.05, 0.1) is 12.9 Å². The van der Waals surface area contributed by atoms with E-state index in [1.807, 2.05) is 0 Å². The zero-order chi connectivity index (χ0) is 14.6. The quantitative estimate of drug-likeness (QED) is 0.289. The van der Waals surface area contributed by atoms with Gasteiger partial charge in [0, 0.05) is 0 Å². The molecule has 10 heteroatoms. The fraction of sp³-hybridized carbons (Fsp3) is 0.556. The van der Waals surface area contributed by atoms with E-state index >= 15 is 0 Å². The minimum atomic E-state index is -1.38. The van der Waals surface area contributed by atoms with Crippen molar-refractivity contribution in [2.24, 2.45) is 5.73 Å². The molecule has 1 aromatic rings. The maximum absolute atomic E-state index is 10.4. The summed E-state index contributed by atoms with van der Waals surface area (Å²) in [5.41, 5.74) is 10.2. The third-order valence-corrected chi connectivity index (χ3v) is 2.43. The summed E-state index contributed by atoms with van der Waals surface area (Å²) >= 11 is 0. The van der Waals surface area contributed by atoms with E-state index in [1.165, 1.54) is 6.33 Å². The second-order valence-corrected chi connectivity index (χ2v) is 3.76. The van der Waals surface area contributed by atoms with Crippen molar-refractivity contribution in [3.05, 3.63) is 12.0 Å². The SMILES string of the molecule is NC(=O)c1[nH]cnc1N.OC[C@H]1O[C@@H](O)[C@H](O)[C@@H]1O. The first kappa shape index (κ1) is 15.3. The molecule has 0 bridgehead atoms. The molecule has 0 aromatic carbocycles. The molecule has 9 N–H and O–H groups in total. The summed E-state index contributed by atoms with van der Waals surface area (Å²) < 4.78 is 4.54. The standard InChI is InChI=1S/C5H10O5.C4H6N4O/c6-1-2-3(7)4(8)5(9)10-2;5-3-2(4(6)9)7-1-8-3/h2-9H,1H2;1H,5H2,(H2,6,9)(H,7,8)/t2-,3-,4-,5-;/m1./s1. The smallest absolute Gasteiger partial charge is 0.269 e. The van der Waals surface area contributed by atoms with Crippen molar-refractivity contribution >= 4 is 11.7 Å². The Kier molecular flexibility index (Phi) is 5.20. The molecule has 1 aliphatic heterocycles. The van der Waals surface area contributed by atoms with Gasteiger partial charge in [-0.25, -0.2) is 4.98 Å². The number of carbonyl (C=O) groups excluding carboxylic acids is 1. The Morgan fingerprint density at radius 3 is 2.26 bits per heavy atom. The Morgan fingerprint density at radius 2 is 2.05 bits per heavy atom. The Bertz CT molecular complexity index is 425. The summed E-state index contributed by atoms with van der Waals surface area (Å²) in [6.07, 6.45) is -3.44. The van der Waals surface area contributed by atoms with Crippen molar-refractivity contribution in [2.75, 3.05) is 12.3 Å². The number of aliphatic hydroxyl groups is 4. The van der Waals surface area contributed by atoms with Gasteiger partial charge in [-0.1, -0.05) is 0 Å². The third kappa shape index (κ3) is 3.62. The average molecular weight is 276 g/mol. The van der Waals surface area contributed by atoms with Crippen molar-refractivity contribution in [2.45, 2.75) is 24.6 Å². The summed E-state index contributed by atoms with van der Waals surface area (Å²) in [4.78, 5) is 16.4. The molecular formula is C9H16N4O6. The van der Waals surface area contributed by atoms with E-state index in [0.717, 1.165) is 0 Å². The van der Waals surface area contributed by atoms with Gasteiger partial charge in [0.2, 0.25) is 0 Å². The minimum Gasteiger partial charge on any atom is -0.394 e. The van der Waals surface area contributed by atoms with Crippen LogP contribution in [0.25, 0.3) is 0 Å². The number of aromatic amines is 1. The molecule has 2 rings (SSSR count). The summed E-state index contributed by atoms with van der Waals surface area (Å²) in [6.45, 7) is -0.407. The molecule has 1 saturated heterocycles. The lowest BCUT2D eigenvalue weighted by molar-refractivity contribution is -0.132. The minimum absolute atomic E-state index is 0.141. The van der Waals surface area contributed by atoms with E-state index in [9.17, 15) is 4.79 Å². The number of aromatic nitrogens is 2. The second-order valence-electron chi connectivity index (χ2n) is 3.76. The zero-order valence-electron chi connectivity index (χ0n) is 9.80. The van der Waals surface area contributed by atoms with Crippen LogP contribution < -0.4 is 11.5 Å². The number of hydrogen-bond acceptors (Lipinski definition) is 8. The Balaban J connectivity index is 0.000000191. The zero-order valence-corrected chi connectivity index (χ0v) is 9.80. The number of anilines is 1. The van der Waals surface area contributed by atoms with Gasteiger partial charge in [-0.2, -0.15) is 0 Å². The number of aliphatic hydroxyl groups excluding tert-OH is 4. The van der Waals surface area contributed by atoms with E-state index in [2.05, 4.69) is 14.7 Å². The fourth-order valence-electron chi connectivity index (χ4n) is 1.38. The van der Waals surface area contributed by atoms with Gasteiger partial charge in [0.1, 0.15) is 24.0 Å². The maximum Gasteiger partial charge on any atom is 0.269 e. The second kappa shape index (κ2) is 6.45. The van der Waals surface area contributed by atoms with Crippen LogP contribution in [0, 0.1) is 0 Å². The summed E-state index contributed by atoms with van der Waals surface area (Å²) in [6, 6.07) is 0. The van der Waals surface area contributed by atoms with Gasteiger partial charge in [0.25, 0.3) is 5.91 Å². The van der Waals surface area contributed by atoms with Crippen LogP contribution in [0.5, 0.6) is 0 Å². The van der Waals surface area contributed by atoms with Gasteiger partial charge in [0.15, 0.2) is 12.1 Å². The molecule has 0 radical (unpaired) electrons. The molecule has 1 aliphatic rings. The summed E-state index contributed by atoms with van der Waals surface area (Å²) in [7, 11) is 0. The molecule has 0 spiro atoms. The molecule has 2 heterocycles. The van der Waals surface area contributed by atoms with Crippen LogP contribution in [0.2, 0.25) is 0 Å². The van der Waals surface area contributed by atoms with E-state index in [-0.39, 0.29) is 11.5 Å². The molecule has 0 aliphatic carbocycles. The normalized spacial score (nSPS) is 29.7. The lowest BCUT2D eigenvalue weighted by Crippen LogP contribution is -2.33. The number of nitrogen functional groups attached to an aromatic ring is 1. The number of ether oxygens (including phenoxy) is 1. The highest BCUT2D eigenvalue weighted by Crippen LogP contribution is 2.18. The number of amides is 1. The Labute approximate surface area is 107 Å². The van der Waals surface area contributed by atoms with Gasteiger partial charge in [-0.15, -0.1) is 0 Å². The van der Waals surface area contributed by atoms with E-state index in [4.69, 9.17) is 31.9 Å². The molecule has 0 saturated carbocycles. The van der Waals surface area contributed by atoms with Crippen LogP contribution in [-0.4, -0.2) is 67.5 Å². The van der Waals surface area contributed by atoms with Crippen LogP contribution in [0.1, 0.15) is 10.5 Å². The molecule has 19 heavy (non-hydrogen) atoms. The average Bonchev–Trinajstić information content (AvgIpc) is 2.89. The van der Waals surface area contributed by atoms with E-state index < -0.39 is 37.1 Å². The Morgan fingerprint density at radius 1 is 1.42 bits per heavy atom. The van der Waals surface area contributed by atoms with Gasteiger partial charge in [-0.05, 0) is 0 Å². The van der Waals surface area contributed by atoms with Crippen LogP contribution in [0.15, 0.2) is 6.33 Å². The van der Waals surface area contributed by atoms with E-state index in [0.29, 0.717) is 0 Å². The lowest BCUT2D eigenvalue weighted by Gasteiger charge is -2.09. The monoisotopic (exact) mass is 276 g/mol. The molecule has 1 amide bonds. The number of H-pyrrole nitrogens is 1. The predicted octanol–water partition coefficient (Wildman–Crippen LogP) is -3.49. The number of imidazole rings is 1. The molecule has 1 aromatic heterocycles. The van der Waals surface area contributed by atoms with Gasteiger partial charge < -0.3 is 41.6 Å². The number of hydrogen-bond donors (Lipinski definition) is 7. The van der Waals surface area contributed by atoms with Crippen molar-refractivity contribution in [1.29, 1.82) is 0 Å². The number of nitrogens with two attached hydrogens (primary N) is 2. The molecular weight excluding hydrogens is 260 g/mol. The highest BCUT2D eigenvalue weighted by molar-refractivity contribution is 5.94.